The van der Waals surface area contributed by atoms with Crippen LogP contribution in [0.2, 0.25) is 0 Å². The quantitative estimate of drug-likeness (QED) is 0.757. The minimum absolute atomic E-state index is 0.0866. The number of hydrogen-bond donors (Lipinski definition) is 1. The highest BCUT2D eigenvalue weighted by atomic mass is 16.5. The van der Waals surface area contributed by atoms with Crippen LogP contribution >= 0.6 is 0 Å². The topological polar surface area (TPSA) is 57.2 Å². The Bertz CT molecular complexity index is 367. The van der Waals surface area contributed by atoms with Gasteiger partial charge in [-0.2, -0.15) is 0 Å². The Labute approximate surface area is 90.0 Å². The molecule has 0 saturated carbocycles. The SMILES string of the molecule is COC(=O)c1c(C)cc(CC(C)N)n1C. The van der Waals surface area contributed by atoms with Crippen molar-refractivity contribution in [2.75, 3.05) is 7.11 Å². The third-order valence-electron chi connectivity index (χ3n) is 2.43. The van der Waals surface area contributed by atoms with Gasteiger partial charge in [0.15, 0.2) is 0 Å². The third kappa shape index (κ3) is 2.39. The number of rotatable bonds is 3. The predicted octanol–water partition coefficient (Wildman–Crippen LogP) is 1.01. The molecule has 0 saturated heterocycles. The molecular weight excluding hydrogens is 192 g/mol. The first-order valence-corrected chi connectivity index (χ1v) is 4.96. The van der Waals surface area contributed by atoms with Crippen LogP contribution in [0.1, 0.15) is 28.7 Å². The average molecular weight is 210 g/mol. The van der Waals surface area contributed by atoms with E-state index in [2.05, 4.69) is 0 Å². The summed E-state index contributed by atoms with van der Waals surface area (Å²) in [6, 6.07) is 2.07. The summed E-state index contributed by atoms with van der Waals surface area (Å²) in [6.45, 7) is 3.84. The molecule has 0 spiro atoms. The molecule has 1 aromatic heterocycles. The van der Waals surface area contributed by atoms with Crippen LogP contribution < -0.4 is 5.73 Å². The number of carbonyl (C=O) groups excluding carboxylic acids is 1. The molecule has 4 nitrogen and oxygen atoms in total. The third-order valence-corrected chi connectivity index (χ3v) is 2.43. The Kier molecular flexibility index (Phi) is 3.52. The first-order chi connectivity index (χ1) is 6.97. The smallest absolute Gasteiger partial charge is 0.354 e. The molecule has 0 bridgehead atoms. The summed E-state index contributed by atoms with van der Waals surface area (Å²) < 4.78 is 6.58. The normalized spacial score (nSPS) is 12.6. The average Bonchev–Trinajstić information content (AvgIpc) is 2.40. The molecule has 15 heavy (non-hydrogen) atoms. The minimum atomic E-state index is -0.300. The highest BCUT2D eigenvalue weighted by Gasteiger charge is 2.17. The molecule has 84 valence electrons. The fourth-order valence-electron chi connectivity index (χ4n) is 1.74. The number of nitrogens with two attached hydrogens (primary N) is 1. The lowest BCUT2D eigenvalue weighted by atomic mass is 10.2. The second kappa shape index (κ2) is 4.49. The predicted molar refractivity (Wildman–Crippen MR) is 58.8 cm³/mol. The number of hydrogen-bond acceptors (Lipinski definition) is 3. The summed E-state index contributed by atoms with van der Waals surface area (Å²) >= 11 is 0. The van der Waals surface area contributed by atoms with Crippen LogP contribution in [0.25, 0.3) is 0 Å². The van der Waals surface area contributed by atoms with E-state index in [1.54, 1.807) is 0 Å². The summed E-state index contributed by atoms with van der Waals surface area (Å²) in [5, 5.41) is 0. The Hall–Kier alpha value is -1.29. The van der Waals surface area contributed by atoms with E-state index in [1.807, 2.05) is 31.5 Å². The maximum absolute atomic E-state index is 11.5. The van der Waals surface area contributed by atoms with E-state index in [0.29, 0.717) is 5.69 Å². The van der Waals surface area contributed by atoms with Crippen LogP contribution in [0.4, 0.5) is 0 Å². The lowest BCUT2D eigenvalue weighted by Crippen LogP contribution is -2.20. The highest BCUT2D eigenvalue weighted by molar-refractivity contribution is 5.89. The Morgan fingerprint density at radius 1 is 1.67 bits per heavy atom. The molecule has 0 radical (unpaired) electrons. The van der Waals surface area contributed by atoms with Crippen molar-refractivity contribution in [2.45, 2.75) is 26.3 Å². The molecule has 0 aliphatic heterocycles. The molecule has 4 heteroatoms. The Balaban J connectivity index is 3.09. The van der Waals surface area contributed by atoms with Crippen LogP contribution in [0, 0.1) is 6.92 Å². The van der Waals surface area contributed by atoms with Gasteiger partial charge in [0.2, 0.25) is 0 Å². The monoisotopic (exact) mass is 210 g/mol. The van der Waals surface area contributed by atoms with Gasteiger partial charge in [0.05, 0.1) is 7.11 Å². The number of methoxy groups -OCH3 is 1. The molecule has 1 aromatic rings. The minimum Gasteiger partial charge on any atom is -0.464 e. The maximum Gasteiger partial charge on any atom is 0.354 e. The van der Waals surface area contributed by atoms with Crippen molar-refractivity contribution in [3.8, 4) is 0 Å². The zero-order chi connectivity index (χ0) is 11.6. The van der Waals surface area contributed by atoms with E-state index < -0.39 is 0 Å². The van der Waals surface area contributed by atoms with Gasteiger partial charge >= 0.3 is 5.97 Å². The zero-order valence-electron chi connectivity index (χ0n) is 9.70. The van der Waals surface area contributed by atoms with Crippen molar-refractivity contribution in [1.82, 2.24) is 4.57 Å². The molecule has 1 heterocycles. The van der Waals surface area contributed by atoms with Gasteiger partial charge in [0.1, 0.15) is 5.69 Å². The molecule has 0 aliphatic carbocycles. The van der Waals surface area contributed by atoms with Gasteiger partial charge < -0.3 is 15.0 Å². The molecule has 2 N–H and O–H groups in total. The summed E-state index contributed by atoms with van der Waals surface area (Å²) in [5.41, 5.74) is 8.33. The van der Waals surface area contributed by atoms with Crippen molar-refractivity contribution >= 4 is 5.97 Å². The van der Waals surface area contributed by atoms with E-state index in [4.69, 9.17) is 10.5 Å². The summed E-state index contributed by atoms with van der Waals surface area (Å²) in [7, 11) is 3.25. The van der Waals surface area contributed by atoms with Crippen LogP contribution in [-0.4, -0.2) is 23.7 Å². The van der Waals surface area contributed by atoms with Gasteiger partial charge in [-0.3, -0.25) is 0 Å². The van der Waals surface area contributed by atoms with E-state index in [0.717, 1.165) is 17.7 Å². The van der Waals surface area contributed by atoms with Gasteiger partial charge in [0.25, 0.3) is 0 Å². The van der Waals surface area contributed by atoms with Crippen molar-refractivity contribution < 1.29 is 9.53 Å². The second-order valence-electron chi connectivity index (χ2n) is 3.90. The maximum atomic E-state index is 11.5. The van der Waals surface area contributed by atoms with Crippen LogP contribution in [0.15, 0.2) is 6.07 Å². The van der Waals surface area contributed by atoms with Crippen molar-refractivity contribution in [3.05, 3.63) is 23.0 Å². The molecular formula is C11H18N2O2. The van der Waals surface area contributed by atoms with E-state index in [1.165, 1.54) is 7.11 Å². The standard InChI is InChI=1S/C11H18N2O2/c1-7-5-9(6-8(2)12)13(3)10(7)11(14)15-4/h5,8H,6,12H2,1-4H3. The van der Waals surface area contributed by atoms with Gasteiger partial charge in [-0.1, -0.05) is 0 Å². The number of carbonyl (C=O) groups is 1. The highest BCUT2D eigenvalue weighted by Crippen LogP contribution is 2.16. The Morgan fingerprint density at radius 3 is 2.73 bits per heavy atom. The second-order valence-corrected chi connectivity index (χ2v) is 3.90. The number of nitrogens with zero attached hydrogens (tertiary/aromatic N) is 1. The summed E-state index contributed by atoms with van der Waals surface area (Å²) in [6.07, 6.45) is 0.758. The molecule has 0 aliphatic rings. The Morgan fingerprint density at radius 2 is 2.27 bits per heavy atom. The fraction of sp³-hybridized carbons (Fsp3) is 0.545. The van der Waals surface area contributed by atoms with Crippen molar-refractivity contribution in [1.29, 1.82) is 0 Å². The van der Waals surface area contributed by atoms with Gasteiger partial charge in [0, 0.05) is 25.2 Å². The van der Waals surface area contributed by atoms with Gasteiger partial charge in [-0.05, 0) is 25.5 Å². The lowest BCUT2D eigenvalue weighted by Gasteiger charge is -2.08. The van der Waals surface area contributed by atoms with E-state index >= 15 is 0 Å². The van der Waals surface area contributed by atoms with E-state index in [9.17, 15) is 4.79 Å². The largest absolute Gasteiger partial charge is 0.464 e. The molecule has 0 aromatic carbocycles. The molecule has 0 fully saturated rings. The van der Waals surface area contributed by atoms with Crippen molar-refractivity contribution in [3.63, 3.8) is 0 Å². The summed E-state index contributed by atoms with van der Waals surface area (Å²) in [4.78, 5) is 11.5. The summed E-state index contributed by atoms with van der Waals surface area (Å²) in [5.74, 6) is -0.300. The van der Waals surface area contributed by atoms with Gasteiger partial charge in [-0.15, -0.1) is 0 Å². The van der Waals surface area contributed by atoms with E-state index in [-0.39, 0.29) is 12.0 Å². The van der Waals surface area contributed by atoms with Crippen LogP contribution in [0.3, 0.4) is 0 Å². The first kappa shape index (κ1) is 11.8. The molecule has 0 amide bonds. The van der Waals surface area contributed by atoms with Gasteiger partial charge in [-0.25, -0.2) is 4.79 Å². The number of esters is 1. The zero-order valence-corrected chi connectivity index (χ0v) is 9.70. The number of ether oxygens (including phenoxy) is 1. The lowest BCUT2D eigenvalue weighted by molar-refractivity contribution is 0.0588. The molecule has 1 rings (SSSR count). The molecule has 1 unspecified atom stereocenters. The molecule has 1 atom stereocenters. The first-order valence-electron chi connectivity index (χ1n) is 4.96. The van der Waals surface area contributed by atoms with Crippen molar-refractivity contribution in [2.24, 2.45) is 12.8 Å². The number of aryl methyl sites for hydroxylation is 1. The fourth-order valence-corrected chi connectivity index (χ4v) is 1.74. The number of aromatic nitrogens is 1. The van der Waals surface area contributed by atoms with Crippen LogP contribution in [0.5, 0.6) is 0 Å². The van der Waals surface area contributed by atoms with Crippen LogP contribution in [-0.2, 0) is 18.2 Å².